The third-order valence-corrected chi connectivity index (χ3v) is 4.46. The molecule has 1 aliphatic rings. The number of aliphatic hydroxyl groups excluding tert-OH is 3. The van der Waals surface area contributed by atoms with Gasteiger partial charge in [0.15, 0.2) is 0 Å². The van der Waals surface area contributed by atoms with Crippen LogP contribution in [0.1, 0.15) is 64.7 Å². The van der Waals surface area contributed by atoms with Crippen LogP contribution in [-0.4, -0.2) is 56.9 Å². The first-order chi connectivity index (χ1) is 11.4. The summed E-state index contributed by atoms with van der Waals surface area (Å²) in [5, 5.41) is 38.1. The topological polar surface area (TPSA) is 107 Å². The Balaban J connectivity index is 2.19. The van der Waals surface area contributed by atoms with Crippen LogP contribution in [0.5, 0.6) is 0 Å². The molecular weight excluding hydrogens is 312 g/mol. The van der Waals surface area contributed by atoms with Crippen LogP contribution in [0.15, 0.2) is 12.2 Å². The minimum Gasteiger partial charge on any atom is -0.481 e. The van der Waals surface area contributed by atoms with Crippen LogP contribution in [0.4, 0.5) is 0 Å². The van der Waals surface area contributed by atoms with E-state index in [1.807, 2.05) is 6.92 Å². The Morgan fingerprint density at radius 3 is 2.50 bits per heavy atom. The highest BCUT2D eigenvalue weighted by atomic mass is 16.5. The molecule has 0 aromatic carbocycles. The van der Waals surface area contributed by atoms with Gasteiger partial charge in [0, 0.05) is 12.8 Å². The second kappa shape index (κ2) is 11.6. The van der Waals surface area contributed by atoms with Gasteiger partial charge in [0.2, 0.25) is 0 Å². The van der Waals surface area contributed by atoms with Crippen LogP contribution in [0.3, 0.4) is 0 Å². The molecule has 1 aliphatic heterocycles. The molecule has 6 nitrogen and oxygen atoms in total. The second-order valence-electron chi connectivity index (χ2n) is 6.57. The fraction of sp³-hybridized carbons (Fsp3) is 0.833. The van der Waals surface area contributed by atoms with Crippen LogP contribution < -0.4 is 0 Å². The minimum absolute atomic E-state index is 0.226. The quantitative estimate of drug-likeness (QED) is 0.319. The van der Waals surface area contributed by atoms with E-state index in [9.17, 15) is 20.1 Å². The van der Waals surface area contributed by atoms with E-state index in [1.165, 1.54) is 6.08 Å². The summed E-state index contributed by atoms with van der Waals surface area (Å²) in [6.07, 6.45) is 6.93. The lowest BCUT2D eigenvalue weighted by Crippen LogP contribution is -2.25. The highest BCUT2D eigenvalue weighted by Crippen LogP contribution is 2.27. The molecule has 140 valence electrons. The van der Waals surface area contributed by atoms with Crippen molar-refractivity contribution in [3.8, 4) is 0 Å². The van der Waals surface area contributed by atoms with Crippen LogP contribution in [0, 0.1) is 0 Å². The van der Waals surface area contributed by atoms with Crippen molar-refractivity contribution >= 4 is 5.97 Å². The Morgan fingerprint density at radius 2 is 1.83 bits per heavy atom. The summed E-state index contributed by atoms with van der Waals surface area (Å²) in [5.41, 5.74) is 0. The van der Waals surface area contributed by atoms with Gasteiger partial charge in [-0.3, -0.25) is 4.79 Å². The van der Waals surface area contributed by atoms with Crippen molar-refractivity contribution in [2.75, 3.05) is 0 Å². The summed E-state index contributed by atoms with van der Waals surface area (Å²) in [4.78, 5) is 10.4. The number of hydrogen-bond donors (Lipinski definition) is 4. The third kappa shape index (κ3) is 8.24. The van der Waals surface area contributed by atoms with Gasteiger partial charge in [-0.05, 0) is 19.3 Å². The first-order valence-electron chi connectivity index (χ1n) is 9.03. The molecule has 0 aliphatic carbocycles. The smallest absolute Gasteiger partial charge is 0.303 e. The van der Waals surface area contributed by atoms with E-state index in [-0.39, 0.29) is 12.5 Å². The predicted molar refractivity (Wildman–Crippen MR) is 90.7 cm³/mol. The van der Waals surface area contributed by atoms with Crippen molar-refractivity contribution in [3.05, 3.63) is 12.2 Å². The number of carboxylic acid groups (broad SMARTS) is 1. The average Bonchev–Trinajstić information content (AvgIpc) is 2.92. The Kier molecular flexibility index (Phi) is 10.2. The van der Waals surface area contributed by atoms with Gasteiger partial charge in [-0.1, -0.05) is 44.8 Å². The largest absolute Gasteiger partial charge is 0.481 e. The molecule has 0 unspecified atom stereocenters. The Labute approximate surface area is 144 Å². The SMILES string of the molecule is CC[C@@H](O)/C=C/[C@H](O)[C@H]1C[C@@H](O)[C@H](CCCCCCCC(=O)O)O1. The zero-order chi connectivity index (χ0) is 17.9. The Hall–Kier alpha value is -0.950. The Bertz CT molecular complexity index is 384. The van der Waals surface area contributed by atoms with Crippen LogP contribution >= 0.6 is 0 Å². The number of unbranched alkanes of at least 4 members (excludes halogenated alkanes) is 4. The lowest BCUT2D eigenvalue weighted by atomic mass is 10.0. The zero-order valence-corrected chi connectivity index (χ0v) is 14.5. The van der Waals surface area contributed by atoms with Gasteiger partial charge in [0.1, 0.15) is 0 Å². The maximum Gasteiger partial charge on any atom is 0.303 e. The number of aliphatic carboxylic acids is 1. The zero-order valence-electron chi connectivity index (χ0n) is 14.5. The molecule has 0 spiro atoms. The van der Waals surface area contributed by atoms with Gasteiger partial charge in [-0.2, -0.15) is 0 Å². The molecule has 1 rings (SSSR count). The number of carbonyl (C=O) groups is 1. The summed E-state index contributed by atoms with van der Waals surface area (Å²) in [5.74, 6) is -0.748. The summed E-state index contributed by atoms with van der Waals surface area (Å²) in [6, 6.07) is 0. The number of aliphatic hydroxyl groups is 3. The maximum absolute atomic E-state index is 10.4. The molecule has 0 bridgehead atoms. The number of ether oxygens (including phenoxy) is 1. The second-order valence-corrected chi connectivity index (χ2v) is 6.57. The highest BCUT2D eigenvalue weighted by Gasteiger charge is 2.36. The van der Waals surface area contributed by atoms with E-state index < -0.39 is 30.4 Å². The number of hydrogen-bond acceptors (Lipinski definition) is 5. The molecule has 0 aromatic heterocycles. The molecule has 5 atom stereocenters. The van der Waals surface area contributed by atoms with E-state index in [4.69, 9.17) is 9.84 Å². The van der Waals surface area contributed by atoms with Crippen molar-refractivity contribution in [3.63, 3.8) is 0 Å². The van der Waals surface area contributed by atoms with Crippen molar-refractivity contribution in [1.29, 1.82) is 0 Å². The molecule has 1 fully saturated rings. The molecule has 6 heteroatoms. The van der Waals surface area contributed by atoms with Gasteiger partial charge in [-0.25, -0.2) is 0 Å². The number of carboxylic acids is 1. The van der Waals surface area contributed by atoms with Crippen LogP contribution in [0.2, 0.25) is 0 Å². The van der Waals surface area contributed by atoms with E-state index >= 15 is 0 Å². The molecule has 4 N–H and O–H groups in total. The fourth-order valence-corrected chi connectivity index (χ4v) is 2.90. The van der Waals surface area contributed by atoms with Gasteiger partial charge in [0.25, 0.3) is 0 Å². The standard InChI is InChI=1S/C18H32O6/c1-2-13(19)10-11-14(20)17-12-15(21)16(24-17)8-6-4-3-5-7-9-18(22)23/h10-11,13-17,19-21H,2-9,12H2,1H3,(H,22,23)/b11-10+/t13-,14+,15-,16+,17-/m1/s1. The number of rotatable bonds is 12. The first-order valence-corrected chi connectivity index (χ1v) is 9.03. The van der Waals surface area contributed by atoms with Crippen molar-refractivity contribution in [2.24, 2.45) is 0 Å². The molecule has 1 heterocycles. The van der Waals surface area contributed by atoms with Gasteiger partial charge < -0.3 is 25.2 Å². The molecule has 0 amide bonds. The summed E-state index contributed by atoms with van der Waals surface area (Å²) in [6.45, 7) is 1.86. The van der Waals surface area contributed by atoms with Gasteiger partial charge in [0.05, 0.1) is 30.5 Å². The molecular formula is C18H32O6. The lowest BCUT2D eigenvalue weighted by molar-refractivity contribution is -0.137. The monoisotopic (exact) mass is 344 g/mol. The summed E-state index contributed by atoms with van der Waals surface area (Å²) < 4.78 is 5.75. The summed E-state index contributed by atoms with van der Waals surface area (Å²) in [7, 11) is 0. The predicted octanol–water partition coefficient (Wildman–Crippen LogP) is 2.01. The molecule has 1 saturated heterocycles. The first kappa shape index (κ1) is 21.1. The van der Waals surface area contributed by atoms with Crippen LogP contribution in [-0.2, 0) is 9.53 Å². The maximum atomic E-state index is 10.4. The van der Waals surface area contributed by atoms with E-state index in [2.05, 4.69) is 0 Å². The molecule has 24 heavy (non-hydrogen) atoms. The molecule has 0 radical (unpaired) electrons. The lowest BCUT2D eigenvalue weighted by Gasteiger charge is -2.17. The van der Waals surface area contributed by atoms with Gasteiger partial charge >= 0.3 is 5.97 Å². The fourth-order valence-electron chi connectivity index (χ4n) is 2.90. The Morgan fingerprint density at radius 1 is 1.17 bits per heavy atom. The third-order valence-electron chi connectivity index (χ3n) is 4.46. The average molecular weight is 344 g/mol. The normalized spacial score (nSPS) is 26.8. The molecule has 0 aromatic rings. The van der Waals surface area contributed by atoms with E-state index in [1.54, 1.807) is 6.08 Å². The van der Waals surface area contributed by atoms with Gasteiger partial charge in [-0.15, -0.1) is 0 Å². The van der Waals surface area contributed by atoms with Crippen molar-refractivity contribution < 1.29 is 30.0 Å². The van der Waals surface area contributed by atoms with Crippen molar-refractivity contribution in [1.82, 2.24) is 0 Å². The van der Waals surface area contributed by atoms with E-state index in [0.717, 1.165) is 32.1 Å². The highest BCUT2D eigenvalue weighted by molar-refractivity contribution is 5.66. The molecule has 0 saturated carbocycles. The van der Waals surface area contributed by atoms with Crippen molar-refractivity contribution in [2.45, 2.75) is 95.2 Å². The van der Waals surface area contributed by atoms with Crippen LogP contribution in [0.25, 0.3) is 0 Å². The van der Waals surface area contributed by atoms with E-state index in [0.29, 0.717) is 19.3 Å². The minimum atomic E-state index is -0.818. The summed E-state index contributed by atoms with van der Waals surface area (Å²) >= 11 is 0.